The van der Waals surface area contributed by atoms with Crippen LogP contribution in [0.1, 0.15) is 36.2 Å². The zero-order valence-corrected chi connectivity index (χ0v) is 10.6. The molecule has 0 aliphatic heterocycles. The molecule has 0 aromatic heterocycles. The van der Waals surface area contributed by atoms with Crippen LogP contribution in [-0.2, 0) is 6.42 Å². The molecule has 3 heteroatoms. The Kier molecular flexibility index (Phi) is 5.33. The Morgan fingerprint density at radius 2 is 1.94 bits per heavy atom. The molecule has 0 aliphatic carbocycles. The maximum atomic E-state index is 11.8. The van der Waals surface area contributed by atoms with Gasteiger partial charge in [-0.3, -0.25) is 4.79 Å². The van der Waals surface area contributed by atoms with E-state index in [1.165, 1.54) is 5.56 Å². The lowest BCUT2D eigenvalue weighted by molar-refractivity contribution is 0.0940. The summed E-state index contributed by atoms with van der Waals surface area (Å²) in [4.78, 5) is 11.8. The molecule has 1 unspecified atom stereocenters. The molecule has 0 fully saturated rings. The summed E-state index contributed by atoms with van der Waals surface area (Å²) in [6.45, 7) is 4.10. The van der Waals surface area contributed by atoms with E-state index in [1.54, 1.807) is 0 Å². The normalized spacial score (nSPS) is 12.2. The van der Waals surface area contributed by atoms with Crippen LogP contribution in [0, 0.1) is 0 Å². The van der Waals surface area contributed by atoms with Gasteiger partial charge < -0.3 is 5.32 Å². The third kappa shape index (κ3) is 3.53. The summed E-state index contributed by atoms with van der Waals surface area (Å²) in [6, 6.07) is 7.73. The molecular formula is C13H18ClNO. The number of carbonyl (C=O) groups is 1. The number of alkyl halides is 1. The lowest BCUT2D eigenvalue weighted by Crippen LogP contribution is -2.35. The Hall–Kier alpha value is -1.02. The summed E-state index contributed by atoms with van der Waals surface area (Å²) >= 11 is 5.73. The van der Waals surface area contributed by atoms with E-state index in [1.807, 2.05) is 31.2 Å². The fraction of sp³-hybridized carbons (Fsp3) is 0.462. The average Bonchev–Trinajstić information content (AvgIpc) is 2.35. The molecule has 1 rings (SSSR count). The molecule has 0 aliphatic rings. The van der Waals surface area contributed by atoms with Gasteiger partial charge in [0, 0.05) is 17.5 Å². The van der Waals surface area contributed by atoms with Gasteiger partial charge in [-0.25, -0.2) is 0 Å². The zero-order valence-electron chi connectivity index (χ0n) is 9.79. The number of halogens is 1. The molecule has 0 spiro atoms. The third-order valence-electron chi connectivity index (χ3n) is 2.64. The summed E-state index contributed by atoms with van der Waals surface area (Å²) in [5.41, 5.74) is 1.93. The van der Waals surface area contributed by atoms with E-state index in [9.17, 15) is 4.79 Å². The number of aryl methyl sites for hydroxylation is 1. The maximum Gasteiger partial charge on any atom is 0.251 e. The van der Waals surface area contributed by atoms with Gasteiger partial charge >= 0.3 is 0 Å². The second-order valence-electron chi connectivity index (χ2n) is 3.78. The molecule has 0 radical (unpaired) electrons. The summed E-state index contributed by atoms with van der Waals surface area (Å²) in [6.07, 6.45) is 1.84. The van der Waals surface area contributed by atoms with Gasteiger partial charge in [0.25, 0.3) is 5.91 Å². The molecule has 1 atom stereocenters. The lowest BCUT2D eigenvalue weighted by Gasteiger charge is -2.13. The molecule has 0 bridgehead atoms. The predicted molar refractivity (Wildman–Crippen MR) is 68.1 cm³/mol. The Bertz CT molecular complexity index is 330. The minimum atomic E-state index is -0.0462. The first kappa shape index (κ1) is 13.0. The Labute approximate surface area is 102 Å². The van der Waals surface area contributed by atoms with Crippen LogP contribution in [0.25, 0.3) is 0 Å². The molecule has 0 saturated heterocycles. The number of nitrogens with one attached hydrogen (secondary N) is 1. The first-order valence-electron chi connectivity index (χ1n) is 5.67. The highest BCUT2D eigenvalue weighted by atomic mass is 35.5. The Morgan fingerprint density at radius 3 is 2.38 bits per heavy atom. The molecule has 0 heterocycles. The van der Waals surface area contributed by atoms with E-state index in [0.29, 0.717) is 11.4 Å². The van der Waals surface area contributed by atoms with Crippen LogP contribution in [0.5, 0.6) is 0 Å². The topological polar surface area (TPSA) is 29.1 Å². The van der Waals surface area contributed by atoms with Gasteiger partial charge in [-0.15, -0.1) is 11.6 Å². The van der Waals surface area contributed by atoms with Crippen molar-refractivity contribution in [3.05, 3.63) is 35.4 Å². The molecule has 16 heavy (non-hydrogen) atoms. The van der Waals surface area contributed by atoms with E-state index in [0.717, 1.165) is 12.8 Å². The molecule has 1 aromatic rings. The second kappa shape index (κ2) is 6.54. The van der Waals surface area contributed by atoms with Crippen LogP contribution in [-0.4, -0.2) is 17.8 Å². The number of hydrogen-bond donors (Lipinski definition) is 1. The fourth-order valence-electron chi connectivity index (χ4n) is 1.41. The molecule has 2 nitrogen and oxygen atoms in total. The van der Waals surface area contributed by atoms with Crippen molar-refractivity contribution in [1.82, 2.24) is 5.32 Å². The highest BCUT2D eigenvalue weighted by Crippen LogP contribution is 2.06. The van der Waals surface area contributed by atoms with Crippen LogP contribution < -0.4 is 5.32 Å². The van der Waals surface area contributed by atoms with E-state index in [4.69, 9.17) is 11.6 Å². The molecule has 0 saturated carbocycles. The quantitative estimate of drug-likeness (QED) is 0.787. The van der Waals surface area contributed by atoms with Gasteiger partial charge in [-0.2, -0.15) is 0 Å². The molecular weight excluding hydrogens is 222 g/mol. The molecule has 1 amide bonds. The highest BCUT2D eigenvalue weighted by molar-refractivity contribution is 6.18. The molecule has 1 aromatic carbocycles. The van der Waals surface area contributed by atoms with Gasteiger partial charge in [0.2, 0.25) is 0 Å². The third-order valence-corrected chi connectivity index (χ3v) is 3.01. The summed E-state index contributed by atoms with van der Waals surface area (Å²) in [5.74, 6) is 0.407. The van der Waals surface area contributed by atoms with Crippen LogP contribution in [0.4, 0.5) is 0 Å². The number of hydrogen-bond acceptors (Lipinski definition) is 1. The van der Waals surface area contributed by atoms with Crippen molar-refractivity contribution >= 4 is 17.5 Å². The van der Waals surface area contributed by atoms with Crippen molar-refractivity contribution < 1.29 is 4.79 Å². The number of carbonyl (C=O) groups excluding carboxylic acids is 1. The smallest absolute Gasteiger partial charge is 0.251 e. The average molecular weight is 240 g/mol. The monoisotopic (exact) mass is 239 g/mol. The summed E-state index contributed by atoms with van der Waals surface area (Å²) < 4.78 is 0. The summed E-state index contributed by atoms with van der Waals surface area (Å²) in [7, 11) is 0. The molecule has 1 N–H and O–H groups in total. The van der Waals surface area contributed by atoms with Gasteiger partial charge in [0.15, 0.2) is 0 Å². The van der Waals surface area contributed by atoms with Crippen molar-refractivity contribution in [2.24, 2.45) is 0 Å². The van der Waals surface area contributed by atoms with Crippen LogP contribution >= 0.6 is 11.6 Å². The summed E-state index contributed by atoms with van der Waals surface area (Å²) in [5, 5.41) is 2.90. The standard InChI is InChI=1S/C13H18ClNO/c1-3-10-5-7-11(8-6-10)13(16)15-12(4-2)9-14/h5-8,12H,3-4,9H2,1-2H3,(H,15,16). The number of amides is 1. The van der Waals surface area contributed by atoms with E-state index < -0.39 is 0 Å². The van der Waals surface area contributed by atoms with Crippen molar-refractivity contribution in [2.45, 2.75) is 32.7 Å². The van der Waals surface area contributed by atoms with Crippen molar-refractivity contribution in [3.63, 3.8) is 0 Å². The maximum absolute atomic E-state index is 11.8. The van der Waals surface area contributed by atoms with Crippen LogP contribution in [0.15, 0.2) is 24.3 Å². The van der Waals surface area contributed by atoms with Gasteiger partial charge in [0.1, 0.15) is 0 Å². The van der Waals surface area contributed by atoms with E-state index in [-0.39, 0.29) is 11.9 Å². The van der Waals surface area contributed by atoms with Crippen LogP contribution in [0.2, 0.25) is 0 Å². The van der Waals surface area contributed by atoms with Gasteiger partial charge in [0.05, 0.1) is 0 Å². The van der Waals surface area contributed by atoms with Crippen LogP contribution in [0.3, 0.4) is 0 Å². The number of rotatable bonds is 5. The Morgan fingerprint density at radius 1 is 1.31 bits per heavy atom. The number of benzene rings is 1. The first-order valence-corrected chi connectivity index (χ1v) is 6.20. The van der Waals surface area contributed by atoms with Crippen molar-refractivity contribution in [3.8, 4) is 0 Å². The van der Waals surface area contributed by atoms with E-state index in [2.05, 4.69) is 12.2 Å². The largest absolute Gasteiger partial charge is 0.348 e. The minimum Gasteiger partial charge on any atom is -0.348 e. The first-order chi connectivity index (χ1) is 7.71. The minimum absolute atomic E-state index is 0.0462. The van der Waals surface area contributed by atoms with E-state index >= 15 is 0 Å². The Balaban J connectivity index is 2.65. The molecule has 88 valence electrons. The second-order valence-corrected chi connectivity index (χ2v) is 4.09. The highest BCUT2D eigenvalue weighted by Gasteiger charge is 2.10. The van der Waals surface area contributed by atoms with Crippen molar-refractivity contribution in [1.29, 1.82) is 0 Å². The van der Waals surface area contributed by atoms with Gasteiger partial charge in [-0.1, -0.05) is 26.0 Å². The zero-order chi connectivity index (χ0) is 12.0. The fourth-order valence-corrected chi connectivity index (χ4v) is 1.71. The van der Waals surface area contributed by atoms with Crippen molar-refractivity contribution in [2.75, 3.05) is 5.88 Å². The lowest BCUT2D eigenvalue weighted by atomic mass is 10.1. The SMILES string of the molecule is CCc1ccc(C(=O)NC(CC)CCl)cc1. The van der Waals surface area contributed by atoms with Gasteiger partial charge in [-0.05, 0) is 30.5 Å². The predicted octanol–water partition coefficient (Wildman–Crippen LogP) is 3.00.